The molecule has 2 aliphatic rings. The summed E-state index contributed by atoms with van der Waals surface area (Å²) in [6.07, 6.45) is 3.16. The zero-order chi connectivity index (χ0) is 20.6. The first-order valence-corrected chi connectivity index (χ1v) is 11.1. The third-order valence-corrected chi connectivity index (χ3v) is 7.36. The summed E-state index contributed by atoms with van der Waals surface area (Å²) in [6, 6.07) is 4.18. The number of nitrogens with zero attached hydrogens (tertiary/aromatic N) is 3. The summed E-state index contributed by atoms with van der Waals surface area (Å²) >= 11 is 0. The van der Waals surface area contributed by atoms with Crippen LogP contribution in [0.4, 0.5) is 4.79 Å². The average molecular weight is 421 g/mol. The first-order valence-electron chi connectivity index (χ1n) is 9.67. The quantitative estimate of drug-likeness (QED) is 0.667. The van der Waals surface area contributed by atoms with E-state index in [9.17, 15) is 22.8 Å². The number of carbonyl (C=O) groups excluding carboxylic acids is 1. The zero-order valence-corrected chi connectivity index (χ0v) is 16.7. The van der Waals surface area contributed by atoms with Gasteiger partial charge in [-0.25, -0.2) is 13.2 Å². The fourth-order valence-electron chi connectivity index (χ4n) is 3.81. The number of aromatic amines is 2. The lowest BCUT2D eigenvalue weighted by Gasteiger charge is -2.38. The predicted octanol–water partition coefficient (Wildman–Crippen LogP) is 0.129. The van der Waals surface area contributed by atoms with E-state index in [0.717, 1.165) is 32.4 Å². The molecule has 0 bridgehead atoms. The van der Waals surface area contributed by atoms with Gasteiger partial charge in [0.2, 0.25) is 10.0 Å². The monoisotopic (exact) mass is 421 g/mol. The number of H-pyrrole nitrogens is 2. The van der Waals surface area contributed by atoms with Crippen molar-refractivity contribution in [2.75, 3.05) is 39.3 Å². The number of aromatic nitrogens is 2. The summed E-state index contributed by atoms with van der Waals surface area (Å²) in [4.78, 5) is 43.9. The fraction of sp³-hybridized carbons (Fsp3) is 0.500. The first kappa shape index (κ1) is 19.6. The number of nitrogens with one attached hydrogen (secondary N) is 2. The van der Waals surface area contributed by atoms with E-state index in [1.54, 1.807) is 4.90 Å². The van der Waals surface area contributed by atoms with Gasteiger partial charge in [-0.1, -0.05) is 0 Å². The number of benzene rings is 1. The average Bonchev–Trinajstić information content (AvgIpc) is 2.74. The molecule has 0 radical (unpaired) electrons. The number of hydrogen-bond donors (Lipinski definition) is 2. The SMILES string of the molecule is O=C(N1CCCCC1)N1CCN(S(=O)(=O)c2ccc3[nH]c(=O)c(=O)[nH]c3c2)CC1. The molecule has 156 valence electrons. The highest BCUT2D eigenvalue weighted by atomic mass is 32.2. The van der Waals surface area contributed by atoms with Crippen molar-refractivity contribution in [2.45, 2.75) is 24.2 Å². The van der Waals surface area contributed by atoms with E-state index in [1.165, 1.54) is 22.5 Å². The lowest BCUT2D eigenvalue weighted by molar-refractivity contribution is 0.126. The number of likely N-dealkylation sites (tertiary alicyclic amines) is 1. The van der Waals surface area contributed by atoms with E-state index in [0.29, 0.717) is 18.6 Å². The maximum atomic E-state index is 13.0. The van der Waals surface area contributed by atoms with Crippen molar-refractivity contribution >= 4 is 27.1 Å². The Labute approximate surface area is 167 Å². The maximum absolute atomic E-state index is 13.0. The molecule has 0 saturated carbocycles. The molecule has 29 heavy (non-hydrogen) atoms. The molecule has 2 amide bonds. The standard InChI is InChI=1S/C18H23N5O5S/c24-16-17(25)20-15-12-13(4-5-14(15)19-16)29(27,28)23-10-8-22(9-11-23)18(26)21-6-2-1-3-7-21/h4-5,12H,1-3,6-11H2,(H,19,24)(H,20,25). The maximum Gasteiger partial charge on any atom is 0.320 e. The highest BCUT2D eigenvalue weighted by Gasteiger charge is 2.32. The predicted molar refractivity (Wildman–Crippen MR) is 106 cm³/mol. The minimum Gasteiger partial charge on any atom is -0.325 e. The Bertz CT molecular complexity index is 1140. The lowest BCUT2D eigenvalue weighted by atomic mass is 10.1. The molecule has 4 rings (SSSR count). The molecular weight excluding hydrogens is 398 g/mol. The number of carbonyl (C=O) groups is 1. The van der Waals surface area contributed by atoms with Gasteiger partial charge in [0, 0.05) is 39.3 Å². The van der Waals surface area contributed by atoms with Crippen LogP contribution in [0.5, 0.6) is 0 Å². The second-order valence-electron chi connectivity index (χ2n) is 7.34. The Kier molecular flexibility index (Phi) is 5.17. The summed E-state index contributed by atoms with van der Waals surface area (Å²) in [5.41, 5.74) is -1.03. The molecule has 0 atom stereocenters. The van der Waals surface area contributed by atoms with Gasteiger partial charge in [-0.05, 0) is 37.5 Å². The van der Waals surface area contributed by atoms with Gasteiger partial charge in [-0.2, -0.15) is 4.31 Å². The van der Waals surface area contributed by atoms with Gasteiger partial charge < -0.3 is 19.8 Å². The van der Waals surface area contributed by atoms with Crippen LogP contribution in [-0.2, 0) is 10.0 Å². The Morgan fingerprint density at radius 1 is 0.793 bits per heavy atom. The van der Waals surface area contributed by atoms with Gasteiger partial charge in [0.1, 0.15) is 0 Å². The van der Waals surface area contributed by atoms with Crippen molar-refractivity contribution in [2.24, 2.45) is 0 Å². The molecular formula is C18H23N5O5S. The van der Waals surface area contributed by atoms with E-state index in [1.807, 2.05) is 4.90 Å². The molecule has 0 spiro atoms. The van der Waals surface area contributed by atoms with Crippen LogP contribution in [0.15, 0.2) is 32.7 Å². The summed E-state index contributed by atoms with van der Waals surface area (Å²) in [5.74, 6) is 0. The van der Waals surface area contributed by atoms with Crippen molar-refractivity contribution in [1.29, 1.82) is 0 Å². The Morgan fingerprint density at radius 2 is 1.38 bits per heavy atom. The van der Waals surface area contributed by atoms with Crippen LogP contribution in [0.25, 0.3) is 11.0 Å². The zero-order valence-electron chi connectivity index (χ0n) is 15.9. The van der Waals surface area contributed by atoms with Crippen molar-refractivity contribution in [3.63, 3.8) is 0 Å². The topological polar surface area (TPSA) is 127 Å². The molecule has 2 saturated heterocycles. The molecule has 1 aromatic carbocycles. The van der Waals surface area contributed by atoms with Crippen LogP contribution in [0, 0.1) is 0 Å². The second-order valence-corrected chi connectivity index (χ2v) is 9.27. The molecule has 2 fully saturated rings. The largest absolute Gasteiger partial charge is 0.325 e. The van der Waals surface area contributed by atoms with Crippen molar-refractivity contribution < 1.29 is 13.2 Å². The van der Waals surface area contributed by atoms with E-state index in [2.05, 4.69) is 9.97 Å². The number of fused-ring (bicyclic) bond motifs is 1. The Hall–Kier alpha value is -2.66. The molecule has 1 aromatic heterocycles. The summed E-state index contributed by atoms with van der Waals surface area (Å²) in [7, 11) is -3.78. The highest BCUT2D eigenvalue weighted by molar-refractivity contribution is 7.89. The van der Waals surface area contributed by atoms with Crippen LogP contribution in [-0.4, -0.2) is 77.8 Å². The van der Waals surface area contributed by atoms with Gasteiger partial charge in [0.15, 0.2) is 0 Å². The van der Waals surface area contributed by atoms with Gasteiger partial charge >= 0.3 is 17.1 Å². The van der Waals surface area contributed by atoms with Crippen LogP contribution >= 0.6 is 0 Å². The third-order valence-electron chi connectivity index (χ3n) is 5.47. The first-order chi connectivity index (χ1) is 13.9. The number of piperidine rings is 1. The summed E-state index contributed by atoms with van der Waals surface area (Å²) in [5, 5.41) is 0. The van der Waals surface area contributed by atoms with Crippen LogP contribution in [0.1, 0.15) is 19.3 Å². The van der Waals surface area contributed by atoms with E-state index < -0.39 is 21.1 Å². The molecule has 10 nitrogen and oxygen atoms in total. The van der Waals surface area contributed by atoms with Crippen molar-refractivity contribution in [1.82, 2.24) is 24.1 Å². The van der Waals surface area contributed by atoms with E-state index >= 15 is 0 Å². The van der Waals surface area contributed by atoms with Gasteiger partial charge in [-0.3, -0.25) is 9.59 Å². The van der Waals surface area contributed by atoms with Crippen LogP contribution < -0.4 is 11.1 Å². The number of urea groups is 1. The molecule has 11 heteroatoms. The second kappa shape index (κ2) is 7.64. The molecule has 2 N–H and O–H groups in total. The van der Waals surface area contributed by atoms with Crippen molar-refractivity contribution in [3.8, 4) is 0 Å². The number of piperazine rings is 1. The molecule has 0 aliphatic carbocycles. The summed E-state index contributed by atoms with van der Waals surface area (Å²) in [6.45, 7) is 2.62. The smallest absolute Gasteiger partial charge is 0.320 e. The number of amides is 2. The number of hydrogen-bond acceptors (Lipinski definition) is 5. The van der Waals surface area contributed by atoms with Crippen LogP contribution in [0.2, 0.25) is 0 Å². The number of rotatable bonds is 2. The van der Waals surface area contributed by atoms with Crippen LogP contribution in [0.3, 0.4) is 0 Å². The fourth-order valence-corrected chi connectivity index (χ4v) is 5.26. The molecule has 2 aliphatic heterocycles. The summed E-state index contributed by atoms with van der Waals surface area (Å²) < 4.78 is 27.4. The Morgan fingerprint density at radius 3 is 2.03 bits per heavy atom. The normalized spacial score (nSPS) is 18.9. The molecule has 3 heterocycles. The van der Waals surface area contributed by atoms with E-state index in [-0.39, 0.29) is 29.5 Å². The van der Waals surface area contributed by atoms with Gasteiger partial charge in [-0.15, -0.1) is 0 Å². The molecule has 0 unspecified atom stereocenters. The number of sulfonamides is 1. The van der Waals surface area contributed by atoms with Crippen molar-refractivity contribution in [3.05, 3.63) is 38.9 Å². The molecule has 2 aromatic rings. The lowest BCUT2D eigenvalue weighted by Crippen LogP contribution is -2.54. The minimum absolute atomic E-state index is 0.0195. The van der Waals surface area contributed by atoms with Gasteiger partial charge in [0.05, 0.1) is 15.9 Å². The third kappa shape index (κ3) is 3.79. The van der Waals surface area contributed by atoms with Gasteiger partial charge in [0.25, 0.3) is 0 Å². The van der Waals surface area contributed by atoms with E-state index in [4.69, 9.17) is 0 Å². The Balaban J connectivity index is 1.49. The minimum atomic E-state index is -3.78. The highest BCUT2D eigenvalue weighted by Crippen LogP contribution is 2.21.